The second-order valence-corrected chi connectivity index (χ2v) is 5.28. The lowest BCUT2D eigenvalue weighted by atomic mass is 10.0. The highest BCUT2D eigenvalue weighted by atomic mass is 16.3. The van der Waals surface area contributed by atoms with E-state index < -0.39 is 5.54 Å². The number of carbonyl (C=O) groups is 1. The Bertz CT molecular complexity index is 605. The summed E-state index contributed by atoms with van der Waals surface area (Å²) >= 11 is 0. The second kappa shape index (κ2) is 6.03. The molecule has 2 aromatic rings. The molecule has 0 aliphatic rings. The van der Waals surface area contributed by atoms with Crippen LogP contribution < -0.4 is 5.32 Å². The van der Waals surface area contributed by atoms with Gasteiger partial charge in [0.1, 0.15) is 0 Å². The van der Waals surface area contributed by atoms with Crippen molar-refractivity contribution in [3.63, 3.8) is 0 Å². The van der Waals surface area contributed by atoms with Crippen molar-refractivity contribution in [2.24, 2.45) is 0 Å². The van der Waals surface area contributed by atoms with Gasteiger partial charge in [0, 0.05) is 0 Å². The van der Waals surface area contributed by atoms with Crippen LogP contribution in [0.5, 0.6) is 0 Å². The maximum Gasteiger partial charge on any atom is 0.225 e. The molecule has 0 saturated carbocycles. The summed E-state index contributed by atoms with van der Waals surface area (Å²) in [6.07, 6.45) is 0.223. The molecule has 0 radical (unpaired) electrons. The molecule has 0 heterocycles. The number of benzene rings is 2. The zero-order chi connectivity index (χ0) is 14.6. The molecule has 0 atom stereocenters. The Morgan fingerprint density at radius 2 is 1.75 bits per heavy atom. The summed E-state index contributed by atoms with van der Waals surface area (Å²) < 4.78 is 0. The molecule has 0 fully saturated rings. The summed E-state index contributed by atoms with van der Waals surface area (Å²) in [5.41, 5.74) is -0.0760. The van der Waals surface area contributed by atoms with Gasteiger partial charge >= 0.3 is 0 Å². The summed E-state index contributed by atoms with van der Waals surface area (Å²) in [7, 11) is 0. The zero-order valence-electron chi connectivity index (χ0n) is 11.5. The number of aliphatic hydroxyl groups is 2. The number of carbonyl (C=O) groups excluding carboxylic acids is 1. The Kier molecular flexibility index (Phi) is 4.37. The van der Waals surface area contributed by atoms with Crippen molar-refractivity contribution in [1.29, 1.82) is 0 Å². The highest BCUT2D eigenvalue weighted by Gasteiger charge is 2.24. The zero-order valence-corrected chi connectivity index (χ0v) is 11.5. The van der Waals surface area contributed by atoms with Crippen molar-refractivity contribution in [3.8, 4) is 0 Å². The van der Waals surface area contributed by atoms with E-state index in [-0.39, 0.29) is 25.5 Å². The van der Waals surface area contributed by atoms with E-state index in [1.807, 2.05) is 42.5 Å². The third-order valence-corrected chi connectivity index (χ3v) is 3.32. The van der Waals surface area contributed by atoms with Crippen LogP contribution in [0, 0.1) is 0 Å². The molecule has 0 saturated heterocycles. The Morgan fingerprint density at radius 1 is 1.10 bits per heavy atom. The van der Waals surface area contributed by atoms with Crippen LogP contribution in [0.15, 0.2) is 42.5 Å². The van der Waals surface area contributed by atoms with Gasteiger partial charge in [-0.15, -0.1) is 0 Å². The Labute approximate surface area is 118 Å². The van der Waals surface area contributed by atoms with Gasteiger partial charge in [0.05, 0.1) is 25.2 Å². The number of hydrogen-bond donors (Lipinski definition) is 3. The number of nitrogens with one attached hydrogen (secondary N) is 1. The molecule has 0 spiro atoms. The van der Waals surface area contributed by atoms with Crippen molar-refractivity contribution in [2.75, 3.05) is 13.2 Å². The van der Waals surface area contributed by atoms with Gasteiger partial charge in [-0.25, -0.2) is 0 Å². The molecule has 0 aliphatic heterocycles. The fourth-order valence-corrected chi connectivity index (χ4v) is 2.04. The normalized spacial score (nSPS) is 11.6. The molecule has 4 nitrogen and oxygen atoms in total. The van der Waals surface area contributed by atoms with Crippen molar-refractivity contribution in [1.82, 2.24) is 5.32 Å². The number of amides is 1. The van der Waals surface area contributed by atoms with Crippen LogP contribution in [0.4, 0.5) is 0 Å². The Balaban J connectivity index is 2.10. The van der Waals surface area contributed by atoms with Crippen molar-refractivity contribution >= 4 is 16.7 Å². The first kappa shape index (κ1) is 14.5. The summed E-state index contributed by atoms with van der Waals surface area (Å²) in [5, 5.41) is 23.2. The average Bonchev–Trinajstić information content (AvgIpc) is 2.47. The van der Waals surface area contributed by atoms with Gasteiger partial charge < -0.3 is 15.5 Å². The van der Waals surface area contributed by atoms with Crippen LogP contribution in [0.25, 0.3) is 10.8 Å². The molecular weight excluding hydrogens is 254 g/mol. The summed E-state index contributed by atoms with van der Waals surface area (Å²) in [6, 6.07) is 13.8. The van der Waals surface area contributed by atoms with E-state index in [2.05, 4.69) is 5.32 Å². The quantitative estimate of drug-likeness (QED) is 0.767. The highest BCUT2D eigenvalue weighted by Crippen LogP contribution is 2.16. The largest absolute Gasteiger partial charge is 0.394 e. The van der Waals surface area contributed by atoms with Crippen LogP contribution >= 0.6 is 0 Å². The maximum absolute atomic E-state index is 11.9. The number of aliphatic hydroxyl groups excluding tert-OH is 2. The number of rotatable bonds is 5. The molecule has 0 bridgehead atoms. The molecule has 0 unspecified atom stereocenters. The fourth-order valence-electron chi connectivity index (χ4n) is 2.04. The summed E-state index contributed by atoms with van der Waals surface area (Å²) in [5.74, 6) is -0.217. The standard InChI is InChI=1S/C16H19NO3/c1-16(10-18,11-19)17-15(20)9-12-6-7-13-4-2-3-5-14(13)8-12/h2-8,18-19H,9-11H2,1H3,(H,17,20). The lowest BCUT2D eigenvalue weighted by molar-refractivity contribution is -0.123. The SMILES string of the molecule is CC(CO)(CO)NC(=O)Cc1ccc2ccccc2c1. The van der Waals surface area contributed by atoms with Crippen LogP contribution in [-0.2, 0) is 11.2 Å². The molecule has 0 aromatic heterocycles. The first-order valence-corrected chi connectivity index (χ1v) is 6.57. The summed E-state index contributed by atoms with van der Waals surface area (Å²) in [4.78, 5) is 11.9. The Hall–Kier alpha value is -1.91. The molecule has 1 amide bonds. The molecule has 2 rings (SSSR count). The van der Waals surface area contributed by atoms with Crippen LogP contribution in [-0.4, -0.2) is 34.9 Å². The van der Waals surface area contributed by atoms with Gasteiger partial charge in [0.15, 0.2) is 0 Å². The van der Waals surface area contributed by atoms with E-state index in [9.17, 15) is 4.79 Å². The predicted octanol–water partition coefficient (Wildman–Crippen LogP) is 1.24. The first-order valence-electron chi connectivity index (χ1n) is 6.57. The van der Waals surface area contributed by atoms with Gasteiger partial charge in [-0.1, -0.05) is 42.5 Å². The van der Waals surface area contributed by atoms with Crippen LogP contribution in [0.1, 0.15) is 12.5 Å². The maximum atomic E-state index is 11.9. The van der Waals surface area contributed by atoms with Crippen LogP contribution in [0.2, 0.25) is 0 Å². The molecule has 2 aromatic carbocycles. The van der Waals surface area contributed by atoms with Gasteiger partial charge in [-0.2, -0.15) is 0 Å². The van der Waals surface area contributed by atoms with Crippen molar-refractivity contribution < 1.29 is 15.0 Å². The van der Waals surface area contributed by atoms with Crippen molar-refractivity contribution in [3.05, 3.63) is 48.0 Å². The van der Waals surface area contributed by atoms with Gasteiger partial charge in [-0.3, -0.25) is 4.79 Å². The van der Waals surface area contributed by atoms with Gasteiger partial charge in [0.2, 0.25) is 5.91 Å². The average molecular weight is 273 g/mol. The molecule has 0 aliphatic carbocycles. The molecule has 4 heteroatoms. The topological polar surface area (TPSA) is 69.6 Å². The van der Waals surface area contributed by atoms with Gasteiger partial charge in [0.25, 0.3) is 0 Å². The number of hydrogen-bond acceptors (Lipinski definition) is 3. The minimum Gasteiger partial charge on any atom is -0.394 e. The van der Waals surface area contributed by atoms with E-state index in [4.69, 9.17) is 10.2 Å². The third-order valence-electron chi connectivity index (χ3n) is 3.32. The Morgan fingerprint density at radius 3 is 2.40 bits per heavy atom. The highest BCUT2D eigenvalue weighted by molar-refractivity contribution is 5.85. The molecule has 106 valence electrons. The minimum absolute atomic E-state index is 0.217. The smallest absolute Gasteiger partial charge is 0.225 e. The van der Waals surface area contributed by atoms with E-state index >= 15 is 0 Å². The van der Waals surface area contributed by atoms with E-state index in [0.29, 0.717) is 0 Å². The lowest BCUT2D eigenvalue weighted by Crippen LogP contribution is -2.52. The van der Waals surface area contributed by atoms with E-state index in [0.717, 1.165) is 16.3 Å². The second-order valence-electron chi connectivity index (χ2n) is 5.28. The number of fused-ring (bicyclic) bond motifs is 1. The summed E-state index contributed by atoms with van der Waals surface area (Å²) in [6.45, 7) is 1.01. The monoisotopic (exact) mass is 273 g/mol. The van der Waals surface area contributed by atoms with Gasteiger partial charge in [-0.05, 0) is 23.3 Å². The molecular formula is C16H19NO3. The fraction of sp³-hybridized carbons (Fsp3) is 0.312. The van der Waals surface area contributed by atoms with E-state index in [1.165, 1.54) is 0 Å². The molecule has 3 N–H and O–H groups in total. The lowest BCUT2D eigenvalue weighted by Gasteiger charge is -2.26. The van der Waals surface area contributed by atoms with Crippen molar-refractivity contribution in [2.45, 2.75) is 18.9 Å². The van der Waals surface area contributed by atoms with Crippen LogP contribution in [0.3, 0.4) is 0 Å². The van der Waals surface area contributed by atoms with E-state index in [1.54, 1.807) is 6.92 Å². The third kappa shape index (κ3) is 3.35. The first-order chi connectivity index (χ1) is 9.56. The molecule has 20 heavy (non-hydrogen) atoms. The minimum atomic E-state index is -0.978. The predicted molar refractivity (Wildman–Crippen MR) is 78.4 cm³/mol.